The monoisotopic (exact) mass is 246 g/mol. The molecule has 0 aromatic heterocycles. The summed E-state index contributed by atoms with van der Waals surface area (Å²) < 4.78 is 13.4. The van der Waals surface area contributed by atoms with Crippen LogP contribution in [0.5, 0.6) is 0 Å². The molecular formula is C13H11FN2O2. The molecule has 92 valence electrons. The van der Waals surface area contributed by atoms with Crippen molar-refractivity contribution in [3.05, 3.63) is 64.0 Å². The zero-order chi connectivity index (χ0) is 13.1. The summed E-state index contributed by atoms with van der Waals surface area (Å²) in [7, 11) is 0. The van der Waals surface area contributed by atoms with Crippen molar-refractivity contribution in [2.75, 3.05) is 5.32 Å². The van der Waals surface area contributed by atoms with Gasteiger partial charge in [-0.15, -0.1) is 0 Å². The van der Waals surface area contributed by atoms with Gasteiger partial charge in [0.2, 0.25) is 0 Å². The number of anilines is 2. The minimum atomic E-state index is -0.479. The third-order valence-electron chi connectivity index (χ3n) is 2.55. The lowest BCUT2D eigenvalue weighted by atomic mass is 10.2. The number of hydrogen-bond acceptors (Lipinski definition) is 3. The van der Waals surface area contributed by atoms with Gasteiger partial charge in [-0.1, -0.05) is 18.2 Å². The summed E-state index contributed by atoms with van der Waals surface area (Å²) in [6.45, 7) is 1.66. The number of hydrogen-bond donors (Lipinski definition) is 1. The molecule has 2 aromatic carbocycles. The van der Waals surface area contributed by atoms with Crippen LogP contribution in [0.4, 0.5) is 21.5 Å². The molecule has 0 unspecified atom stereocenters. The third-order valence-corrected chi connectivity index (χ3v) is 2.55. The quantitative estimate of drug-likeness (QED) is 0.662. The molecular weight excluding hydrogens is 235 g/mol. The SMILES string of the molecule is Cc1ccc(Nc2ccccc2[N+](=O)[O-])cc1F. The van der Waals surface area contributed by atoms with Crippen LogP contribution in [-0.2, 0) is 0 Å². The second-order valence-corrected chi connectivity index (χ2v) is 3.86. The van der Waals surface area contributed by atoms with Crippen molar-refractivity contribution in [3.63, 3.8) is 0 Å². The van der Waals surface area contributed by atoms with Gasteiger partial charge in [-0.2, -0.15) is 0 Å². The van der Waals surface area contributed by atoms with Crippen LogP contribution in [0.15, 0.2) is 42.5 Å². The summed E-state index contributed by atoms with van der Waals surface area (Å²) in [6.07, 6.45) is 0. The summed E-state index contributed by atoms with van der Waals surface area (Å²) in [5.74, 6) is -0.349. The van der Waals surface area contributed by atoms with E-state index >= 15 is 0 Å². The van der Waals surface area contributed by atoms with E-state index in [1.165, 1.54) is 12.1 Å². The van der Waals surface area contributed by atoms with Crippen LogP contribution < -0.4 is 5.32 Å². The van der Waals surface area contributed by atoms with E-state index in [0.29, 0.717) is 16.9 Å². The molecule has 0 atom stereocenters. The van der Waals surface area contributed by atoms with Crippen molar-refractivity contribution in [2.24, 2.45) is 0 Å². The zero-order valence-corrected chi connectivity index (χ0v) is 9.68. The number of nitrogens with one attached hydrogen (secondary N) is 1. The molecule has 0 saturated carbocycles. The second-order valence-electron chi connectivity index (χ2n) is 3.86. The summed E-state index contributed by atoms with van der Waals surface area (Å²) >= 11 is 0. The van der Waals surface area contributed by atoms with Gasteiger partial charge >= 0.3 is 0 Å². The Morgan fingerprint density at radius 2 is 1.94 bits per heavy atom. The fourth-order valence-corrected chi connectivity index (χ4v) is 1.56. The standard InChI is InChI=1S/C13H11FN2O2/c1-9-6-7-10(8-11(9)14)15-12-4-2-3-5-13(12)16(17)18/h2-8,15H,1H3. The minimum absolute atomic E-state index is 0.0431. The first-order valence-electron chi connectivity index (χ1n) is 5.34. The zero-order valence-electron chi connectivity index (χ0n) is 9.68. The third kappa shape index (κ3) is 2.45. The molecule has 0 heterocycles. The molecule has 0 aliphatic rings. The topological polar surface area (TPSA) is 55.2 Å². The van der Waals surface area contributed by atoms with E-state index in [-0.39, 0.29) is 11.5 Å². The van der Waals surface area contributed by atoms with E-state index in [1.807, 2.05) is 0 Å². The van der Waals surface area contributed by atoms with Crippen LogP contribution >= 0.6 is 0 Å². The van der Waals surface area contributed by atoms with Crippen molar-refractivity contribution in [3.8, 4) is 0 Å². The van der Waals surface area contributed by atoms with Crippen molar-refractivity contribution in [1.82, 2.24) is 0 Å². The normalized spacial score (nSPS) is 10.1. The first-order valence-corrected chi connectivity index (χ1v) is 5.34. The Bertz CT molecular complexity index is 599. The Labute approximate surface area is 103 Å². The summed E-state index contributed by atoms with van der Waals surface area (Å²) in [4.78, 5) is 10.3. The average Bonchev–Trinajstić information content (AvgIpc) is 2.34. The number of para-hydroxylation sites is 2. The van der Waals surface area contributed by atoms with Gasteiger partial charge in [0, 0.05) is 11.8 Å². The number of benzene rings is 2. The van der Waals surface area contributed by atoms with Crippen LogP contribution in [0, 0.1) is 22.9 Å². The van der Waals surface area contributed by atoms with Crippen molar-refractivity contribution >= 4 is 17.1 Å². The lowest BCUT2D eigenvalue weighted by molar-refractivity contribution is -0.383. The highest BCUT2D eigenvalue weighted by Gasteiger charge is 2.12. The Kier molecular flexibility index (Phi) is 3.23. The number of nitro benzene ring substituents is 1. The first kappa shape index (κ1) is 12.0. The molecule has 5 heteroatoms. The minimum Gasteiger partial charge on any atom is -0.350 e. The second kappa shape index (κ2) is 4.83. The first-order chi connectivity index (χ1) is 8.58. The van der Waals surface area contributed by atoms with Crippen molar-refractivity contribution in [2.45, 2.75) is 6.92 Å². The molecule has 18 heavy (non-hydrogen) atoms. The molecule has 4 nitrogen and oxygen atoms in total. The Morgan fingerprint density at radius 1 is 1.22 bits per heavy atom. The average molecular weight is 246 g/mol. The summed E-state index contributed by atoms with van der Waals surface area (Å²) in [6, 6.07) is 10.8. The van der Waals surface area contributed by atoms with E-state index < -0.39 is 4.92 Å². The molecule has 0 bridgehead atoms. The highest BCUT2D eigenvalue weighted by molar-refractivity contribution is 5.69. The molecule has 0 amide bonds. The van der Waals surface area contributed by atoms with Gasteiger partial charge in [0.1, 0.15) is 11.5 Å². The number of aryl methyl sites for hydroxylation is 1. The molecule has 0 radical (unpaired) electrons. The molecule has 0 spiro atoms. The van der Waals surface area contributed by atoms with Gasteiger partial charge in [-0.05, 0) is 30.7 Å². The summed E-state index contributed by atoms with van der Waals surface area (Å²) in [5, 5.41) is 13.7. The van der Waals surface area contributed by atoms with Crippen LogP contribution in [-0.4, -0.2) is 4.92 Å². The maximum atomic E-state index is 13.4. The molecule has 0 saturated heterocycles. The van der Waals surface area contributed by atoms with Crippen LogP contribution in [0.3, 0.4) is 0 Å². The van der Waals surface area contributed by atoms with Gasteiger partial charge in [0.25, 0.3) is 5.69 Å². The van der Waals surface area contributed by atoms with E-state index in [2.05, 4.69) is 5.32 Å². The largest absolute Gasteiger partial charge is 0.350 e. The van der Waals surface area contributed by atoms with E-state index in [0.717, 1.165) is 0 Å². The van der Waals surface area contributed by atoms with Crippen LogP contribution in [0.2, 0.25) is 0 Å². The van der Waals surface area contributed by atoms with Gasteiger partial charge in [0.05, 0.1) is 4.92 Å². The van der Waals surface area contributed by atoms with Crippen molar-refractivity contribution in [1.29, 1.82) is 0 Å². The Balaban J connectivity index is 2.34. The molecule has 1 N–H and O–H groups in total. The number of rotatable bonds is 3. The number of nitro groups is 1. The molecule has 2 rings (SSSR count). The smallest absolute Gasteiger partial charge is 0.292 e. The van der Waals surface area contributed by atoms with E-state index in [1.54, 1.807) is 37.3 Å². The number of nitrogens with zero attached hydrogens (tertiary/aromatic N) is 1. The molecule has 0 aliphatic carbocycles. The van der Waals surface area contributed by atoms with Crippen LogP contribution in [0.1, 0.15) is 5.56 Å². The Morgan fingerprint density at radius 3 is 2.61 bits per heavy atom. The summed E-state index contributed by atoms with van der Waals surface area (Å²) in [5.41, 5.74) is 1.31. The highest BCUT2D eigenvalue weighted by atomic mass is 19.1. The fraction of sp³-hybridized carbons (Fsp3) is 0.0769. The van der Waals surface area contributed by atoms with Gasteiger partial charge in [0.15, 0.2) is 0 Å². The predicted octanol–water partition coefficient (Wildman–Crippen LogP) is 3.79. The highest BCUT2D eigenvalue weighted by Crippen LogP contribution is 2.27. The number of halogens is 1. The Hall–Kier alpha value is -2.43. The van der Waals surface area contributed by atoms with Gasteiger partial charge in [-0.25, -0.2) is 4.39 Å². The predicted molar refractivity (Wildman–Crippen MR) is 67.5 cm³/mol. The van der Waals surface area contributed by atoms with Gasteiger partial charge in [-0.3, -0.25) is 10.1 Å². The van der Waals surface area contributed by atoms with Crippen LogP contribution in [0.25, 0.3) is 0 Å². The van der Waals surface area contributed by atoms with E-state index in [9.17, 15) is 14.5 Å². The molecule has 0 aliphatic heterocycles. The maximum absolute atomic E-state index is 13.4. The molecule has 2 aromatic rings. The lowest BCUT2D eigenvalue weighted by Crippen LogP contribution is -1.97. The lowest BCUT2D eigenvalue weighted by Gasteiger charge is -2.07. The fourth-order valence-electron chi connectivity index (χ4n) is 1.56. The molecule has 0 fully saturated rings. The van der Waals surface area contributed by atoms with Gasteiger partial charge < -0.3 is 5.32 Å². The van der Waals surface area contributed by atoms with Crippen molar-refractivity contribution < 1.29 is 9.31 Å². The maximum Gasteiger partial charge on any atom is 0.292 e. The van der Waals surface area contributed by atoms with E-state index in [4.69, 9.17) is 0 Å².